The van der Waals surface area contributed by atoms with E-state index in [9.17, 15) is 18.4 Å². The first kappa shape index (κ1) is 16.9. The van der Waals surface area contributed by atoms with E-state index in [0.29, 0.717) is 24.0 Å². The molecule has 1 aromatic heterocycles. The molecule has 9 nitrogen and oxygen atoms in total. The Morgan fingerprint density at radius 1 is 1.24 bits per heavy atom. The van der Waals surface area contributed by atoms with Crippen LogP contribution < -0.4 is 15.4 Å². The Kier molecular flexibility index (Phi) is 4.38. The van der Waals surface area contributed by atoms with E-state index in [-0.39, 0.29) is 21.2 Å². The second-order valence-corrected chi connectivity index (χ2v) is 6.89. The Morgan fingerprint density at radius 3 is 2.64 bits per heavy atom. The van der Waals surface area contributed by atoms with Gasteiger partial charge in [-0.1, -0.05) is 12.1 Å². The number of fused-ring (bicyclic) bond motifs is 1. The van der Waals surface area contributed by atoms with Crippen LogP contribution in [0.5, 0.6) is 0 Å². The lowest BCUT2D eigenvalue weighted by Crippen LogP contribution is -2.26. The van der Waals surface area contributed by atoms with Crippen molar-refractivity contribution in [2.24, 2.45) is 5.14 Å². The summed E-state index contributed by atoms with van der Waals surface area (Å²) in [6.45, 7) is 0.353. The van der Waals surface area contributed by atoms with Gasteiger partial charge in [0.25, 0.3) is 5.91 Å². The molecule has 0 fully saturated rings. The largest absolute Gasteiger partial charge is 0.359 e. The summed E-state index contributed by atoms with van der Waals surface area (Å²) in [6, 6.07) is 10.5. The van der Waals surface area contributed by atoms with Gasteiger partial charge in [0, 0.05) is 23.3 Å². The minimum atomic E-state index is -3.71. The van der Waals surface area contributed by atoms with Crippen LogP contribution in [-0.4, -0.2) is 26.0 Å². The molecule has 0 aliphatic carbocycles. The Balaban J connectivity index is 1.60. The minimum absolute atomic E-state index is 0.0387. The molecule has 0 saturated heterocycles. The monoisotopic (exact) mass is 362 g/mol. The lowest BCUT2D eigenvalue weighted by atomic mass is 10.1. The van der Waals surface area contributed by atoms with Gasteiger partial charge in [0.1, 0.15) is 0 Å². The summed E-state index contributed by atoms with van der Waals surface area (Å²) in [4.78, 5) is 12.4. The van der Waals surface area contributed by atoms with E-state index in [1.807, 2.05) is 0 Å². The van der Waals surface area contributed by atoms with Crippen molar-refractivity contribution in [1.29, 1.82) is 0 Å². The first-order valence-electron chi connectivity index (χ1n) is 7.24. The molecule has 2 aromatic carbocycles. The van der Waals surface area contributed by atoms with Gasteiger partial charge < -0.3 is 10.5 Å². The van der Waals surface area contributed by atoms with Gasteiger partial charge in [-0.05, 0) is 41.2 Å². The fraction of sp³-hybridized carbons (Fsp3) is 0.133. The van der Waals surface area contributed by atoms with Crippen LogP contribution in [0, 0.1) is 5.21 Å². The molecule has 1 heterocycles. The molecule has 0 aliphatic heterocycles. The average Bonchev–Trinajstić information content (AvgIpc) is 2.95. The topological polar surface area (TPSA) is 142 Å². The van der Waals surface area contributed by atoms with E-state index in [0.717, 1.165) is 5.56 Å². The summed E-state index contributed by atoms with van der Waals surface area (Å²) in [6.07, 6.45) is 0.517. The van der Waals surface area contributed by atoms with Gasteiger partial charge in [-0.2, -0.15) is 0 Å². The number of aromatic nitrogens is 2. The number of hydrogen-bond donors (Lipinski definition) is 2. The summed E-state index contributed by atoms with van der Waals surface area (Å²) in [7, 11) is -3.71. The normalized spacial score (nSPS) is 11.6. The predicted molar refractivity (Wildman–Crippen MR) is 86.8 cm³/mol. The van der Waals surface area contributed by atoms with Crippen molar-refractivity contribution in [2.45, 2.75) is 11.3 Å². The van der Waals surface area contributed by atoms with Crippen LogP contribution in [0.4, 0.5) is 0 Å². The zero-order valence-electron chi connectivity index (χ0n) is 12.9. The lowest BCUT2D eigenvalue weighted by Gasteiger charge is -2.06. The van der Waals surface area contributed by atoms with Crippen molar-refractivity contribution in [3.8, 4) is 0 Å². The number of nitrogens with zero attached hydrogens (tertiary/aromatic N) is 2. The van der Waals surface area contributed by atoms with Gasteiger partial charge in [-0.25, -0.2) is 13.6 Å². The minimum Gasteiger partial charge on any atom is -0.359 e. The molecular formula is C15H14N4O5S. The summed E-state index contributed by atoms with van der Waals surface area (Å²) in [5.41, 5.74) is 1.74. The first-order valence-corrected chi connectivity index (χ1v) is 8.79. The maximum atomic E-state index is 12.1. The summed E-state index contributed by atoms with van der Waals surface area (Å²) in [5, 5.41) is 22.5. The number of benzene rings is 2. The number of nitrogens with one attached hydrogen (secondary N) is 1. The van der Waals surface area contributed by atoms with Crippen LogP contribution >= 0.6 is 0 Å². The molecule has 0 unspecified atom stereocenters. The Labute approximate surface area is 142 Å². The summed E-state index contributed by atoms with van der Waals surface area (Å²) in [5.74, 6) is -0.316. The van der Waals surface area contributed by atoms with E-state index >= 15 is 0 Å². The highest BCUT2D eigenvalue weighted by Crippen LogP contribution is 2.11. The maximum Gasteiger partial charge on any atom is 0.251 e. The molecule has 0 atom stereocenters. The van der Waals surface area contributed by atoms with Crippen molar-refractivity contribution in [2.75, 3.05) is 6.54 Å². The van der Waals surface area contributed by atoms with Crippen LogP contribution in [0.3, 0.4) is 0 Å². The molecule has 3 aromatic rings. The number of carbonyl (C=O) groups excluding carboxylic acids is 1. The molecule has 3 rings (SSSR count). The molecular weight excluding hydrogens is 348 g/mol. The Hall–Kier alpha value is -2.98. The van der Waals surface area contributed by atoms with E-state index in [2.05, 4.69) is 15.1 Å². The van der Waals surface area contributed by atoms with Crippen LogP contribution in [0.1, 0.15) is 15.9 Å². The van der Waals surface area contributed by atoms with Gasteiger partial charge in [0.05, 0.1) is 4.90 Å². The van der Waals surface area contributed by atoms with Crippen molar-refractivity contribution in [3.05, 3.63) is 58.8 Å². The van der Waals surface area contributed by atoms with E-state index in [4.69, 9.17) is 5.14 Å². The summed E-state index contributed by atoms with van der Waals surface area (Å²) >= 11 is 0. The zero-order chi connectivity index (χ0) is 18.0. The molecule has 0 bridgehead atoms. The van der Waals surface area contributed by atoms with Gasteiger partial charge in [-0.15, -0.1) is 0 Å². The fourth-order valence-electron chi connectivity index (χ4n) is 2.29. The molecule has 130 valence electrons. The highest BCUT2D eigenvalue weighted by molar-refractivity contribution is 7.89. The molecule has 0 saturated carbocycles. The van der Waals surface area contributed by atoms with Crippen LogP contribution in [0.2, 0.25) is 0 Å². The summed E-state index contributed by atoms with van der Waals surface area (Å²) < 4.78 is 26.8. The van der Waals surface area contributed by atoms with Gasteiger partial charge in [-0.3, -0.25) is 9.42 Å². The number of amides is 1. The number of nitrogens with two attached hydrogens (primary N) is 1. The number of primary sulfonamides is 1. The second-order valence-electron chi connectivity index (χ2n) is 5.33. The maximum absolute atomic E-state index is 12.1. The van der Waals surface area contributed by atoms with E-state index < -0.39 is 10.0 Å². The third kappa shape index (κ3) is 3.75. The van der Waals surface area contributed by atoms with E-state index in [1.54, 1.807) is 12.1 Å². The average molecular weight is 362 g/mol. The predicted octanol–water partition coefficient (Wildman–Crippen LogP) is 0.0811. The Bertz CT molecular complexity index is 1030. The number of carbonyl (C=O) groups is 1. The SMILES string of the molecule is NS(=O)(=O)c1ccc(CCNC(=O)c2ccc3c(c2)no[n+]3[O-])cc1. The van der Waals surface area contributed by atoms with Crippen molar-refractivity contribution >= 4 is 27.0 Å². The van der Waals surface area contributed by atoms with Gasteiger partial charge in [0.2, 0.25) is 21.1 Å². The third-order valence-corrected chi connectivity index (χ3v) is 4.53. The quantitative estimate of drug-likeness (QED) is 0.616. The molecule has 1 amide bonds. The standard InChI is InChI=1S/C15H14N4O5S/c16-25(22,23)12-4-1-10(2-5-12)7-8-17-15(20)11-3-6-14-13(9-11)18-24-19(14)21/h1-6,9H,7-8H2,(H,17,20)(H2,16,22,23). The highest BCUT2D eigenvalue weighted by Gasteiger charge is 2.13. The first-order chi connectivity index (χ1) is 11.8. The van der Waals surface area contributed by atoms with Crippen LogP contribution in [-0.2, 0) is 16.4 Å². The third-order valence-electron chi connectivity index (χ3n) is 3.60. The highest BCUT2D eigenvalue weighted by atomic mass is 32.2. The number of sulfonamides is 1. The van der Waals surface area contributed by atoms with Gasteiger partial charge >= 0.3 is 0 Å². The Morgan fingerprint density at radius 2 is 1.96 bits per heavy atom. The lowest BCUT2D eigenvalue weighted by molar-refractivity contribution is -0.782. The molecule has 0 radical (unpaired) electrons. The molecule has 10 heteroatoms. The van der Waals surface area contributed by atoms with Gasteiger partial charge in [0.15, 0.2) is 0 Å². The number of hydrogen-bond acceptors (Lipinski definition) is 6. The van der Waals surface area contributed by atoms with Crippen LogP contribution in [0.25, 0.3) is 11.0 Å². The van der Waals surface area contributed by atoms with E-state index in [1.165, 1.54) is 30.3 Å². The second kappa shape index (κ2) is 6.49. The molecule has 0 spiro atoms. The molecule has 0 aliphatic rings. The molecule has 3 N–H and O–H groups in total. The molecule has 25 heavy (non-hydrogen) atoms. The fourth-order valence-corrected chi connectivity index (χ4v) is 2.80. The van der Waals surface area contributed by atoms with Crippen molar-refractivity contribution in [3.63, 3.8) is 0 Å². The van der Waals surface area contributed by atoms with Crippen molar-refractivity contribution in [1.82, 2.24) is 10.5 Å². The number of rotatable bonds is 5. The zero-order valence-corrected chi connectivity index (χ0v) is 13.7. The smallest absolute Gasteiger partial charge is 0.251 e. The van der Waals surface area contributed by atoms with Crippen molar-refractivity contribution < 1.29 is 22.7 Å². The van der Waals surface area contributed by atoms with Crippen LogP contribution in [0.15, 0.2) is 52.0 Å².